The molecule has 0 radical (unpaired) electrons. The van der Waals surface area contributed by atoms with Gasteiger partial charge in [-0.3, -0.25) is 9.59 Å². The average Bonchev–Trinajstić information content (AvgIpc) is 2.61. The number of Topliss-reactive ketones (excluding diaryl/α,β-unsaturated/α-hetero) is 2. The SMILES string of the molecule is O=C1CC=C2c3ccccc3C=C3C=c4ccccc4=CC32C1=O. The van der Waals surface area contributed by atoms with Gasteiger partial charge in [0.15, 0.2) is 0 Å². The summed E-state index contributed by atoms with van der Waals surface area (Å²) in [4.78, 5) is 25.3. The van der Waals surface area contributed by atoms with E-state index in [1.165, 1.54) is 0 Å². The zero-order chi connectivity index (χ0) is 16.3. The largest absolute Gasteiger partial charge is 0.290 e. The number of ketones is 2. The summed E-state index contributed by atoms with van der Waals surface area (Å²) in [5.74, 6) is -0.625. The van der Waals surface area contributed by atoms with Crippen LogP contribution in [-0.4, -0.2) is 11.6 Å². The summed E-state index contributed by atoms with van der Waals surface area (Å²) in [6, 6.07) is 16.1. The maximum atomic E-state index is 13.1. The van der Waals surface area contributed by atoms with Gasteiger partial charge in [0.25, 0.3) is 0 Å². The van der Waals surface area contributed by atoms with E-state index < -0.39 is 5.41 Å². The summed E-state index contributed by atoms with van der Waals surface area (Å²) < 4.78 is 0. The first-order valence-corrected chi connectivity index (χ1v) is 8.10. The van der Waals surface area contributed by atoms with Gasteiger partial charge in [0, 0.05) is 6.42 Å². The number of allylic oxidation sites excluding steroid dienone is 3. The Balaban J connectivity index is 1.97. The highest BCUT2D eigenvalue weighted by Gasteiger charge is 2.50. The molecule has 2 nitrogen and oxygen atoms in total. The van der Waals surface area contributed by atoms with E-state index in [1.807, 2.05) is 54.6 Å². The lowest BCUT2D eigenvalue weighted by Crippen LogP contribution is -2.46. The molecule has 1 unspecified atom stereocenters. The molecule has 0 aliphatic heterocycles. The maximum absolute atomic E-state index is 13.1. The third-order valence-corrected chi connectivity index (χ3v) is 5.22. The Morgan fingerprint density at radius 3 is 2.46 bits per heavy atom. The van der Waals surface area contributed by atoms with Gasteiger partial charge in [0.05, 0.1) is 0 Å². The van der Waals surface area contributed by atoms with E-state index in [0.29, 0.717) is 0 Å². The monoisotopic (exact) mass is 310 g/mol. The van der Waals surface area contributed by atoms with E-state index in [4.69, 9.17) is 0 Å². The fraction of sp³-hybridized carbons (Fsp3) is 0.0909. The molecule has 1 spiro atoms. The maximum Gasteiger partial charge on any atom is 0.217 e. The minimum atomic E-state index is -0.960. The van der Waals surface area contributed by atoms with Crippen LogP contribution in [0.15, 0.2) is 60.2 Å². The standard InChI is InChI=1S/C22H14O2/c23-20-10-9-19-18-8-4-3-6-15(18)12-17-11-14-5-1-2-7-16(14)13-22(17,19)21(20)24/h1-9,11-13H,10H2. The van der Waals surface area contributed by atoms with Crippen LogP contribution in [0.25, 0.3) is 23.8 Å². The molecular formula is C22H14O2. The fourth-order valence-corrected chi connectivity index (χ4v) is 4.11. The summed E-state index contributed by atoms with van der Waals surface area (Å²) in [7, 11) is 0. The van der Waals surface area contributed by atoms with Crippen molar-refractivity contribution in [2.75, 3.05) is 0 Å². The summed E-state index contributed by atoms with van der Waals surface area (Å²) in [6.07, 6.45) is 8.21. The average molecular weight is 310 g/mol. The van der Waals surface area contributed by atoms with Crippen LogP contribution in [0.5, 0.6) is 0 Å². The molecule has 24 heavy (non-hydrogen) atoms. The molecule has 114 valence electrons. The molecule has 2 heteroatoms. The first-order chi connectivity index (χ1) is 11.7. The van der Waals surface area contributed by atoms with Gasteiger partial charge in [0.2, 0.25) is 11.6 Å². The van der Waals surface area contributed by atoms with Crippen molar-refractivity contribution in [1.29, 1.82) is 0 Å². The van der Waals surface area contributed by atoms with Gasteiger partial charge in [0.1, 0.15) is 5.41 Å². The van der Waals surface area contributed by atoms with Gasteiger partial charge in [-0.2, -0.15) is 0 Å². The number of hydrogen-bond donors (Lipinski definition) is 0. The summed E-state index contributed by atoms with van der Waals surface area (Å²) in [5.41, 5.74) is 3.03. The molecule has 2 aromatic rings. The van der Waals surface area contributed by atoms with Gasteiger partial charge in [-0.1, -0.05) is 60.7 Å². The summed E-state index contributed by atoms with van der Waals surface area (Å²) in [6.45, 7) is 0. The van der Waals surface area contributed by atoms with Crippen molar-refractivity contribution >= 4 is 35.4 Å². The minimum absolute atomic E-state index is 0.188. The minimum Gasteiger partial charge on any atom is -0.290 e. The molecular weight excluding hydrogens is 296 g/mol. The lowest BCUT2D eigenvalue weighted by Gasteiger charge is -2.40. The highest BCUT2D eigenvalue weighted by atomic mass is 16.2. The Hall–Kier alpha value is -3.00. The van der Waals surface area contributed by atoms with Crippen molar-refractivity contribution in [3.05, 3.63) is 81.7 Å². The molecule has 0 heterocycles. The predicted molar refractivity (Wildman–Crippen MR) is 94.1 cm³/mol. The number of rotatable bonds is 0. The second-order valence-electron chi connectivity index (χ2n) is 6.49. The number of carbonyl (C=O) groups is 2. The number of carbonyl (C=O) groups excluding carboxylic acids is 2. The van der Waals surface area contributed by atoms with Gasteiger partial charge in [-0.25, -0.2) is 0 Å². The van der Waals surface area contributed by atoms with Gasteiger partial charge in [-0.05, 0) is 44.9 Å². The van der Waals surface area contributed by atoms with Crippen LogP contribution in [0.4, 0.5) is 0 Å². The van der Waals surface area contributed by atoms with Crippen LogP contribution >= 0.6 is 0 Å². The molecule has 5 rings (SSSR count). The summed E-state index contributed by atoms with van der Waals surface area (Å²) in [5, 5.41) is 2.09. The molecule has 2 aromatic carbocycles. The van der Waals surface area contributed by atoms with Crippen molar-refractivity contribution in [3.63, 3.8) is 0 Å². The van der Waals surface area contributed by atoms with Crippen LogP contribution < -0.4 is 10.4 Å². The second-order valence-corrected chi connectivity index (χ2v) is 6.49. The van der Waals surface area contributed by atoms with Gasteiger partial charge < -0.3 is 0 Å². The lowest BCUT2D eigenvalue weighted by molar-refractivity contribution is -0.138. The second kappa shape index (κ2) is 4.51. The number of benzene rings is 2. The number of hydrogen-bond acceptors (Lipinski definition) is 2. The van der Waals surface area contributed by atoms with E-state index in [2.05, 4.69) is 18.2 Å². The highest BCUT2D eigenvalue weighted by molar-refractivity contribution is 6.46. The summed E-state index contributed by atoms with van der Waals surface area (Å²) >= 11 is 0. The molecule has 0 saturated carbocycles. The molecule has 0 N–H and O–H groups in total. The molecule has 1 atom stereocenters. The van der Waals surface area contributed by atoms with E-state index in [1.54, 1.807) is 0 Å². The zero-order valence-electron chi connectivity index (χ0n) is 13.0. The third kappa shape index (κ3) is 1.55. The molecule has 0 saturated heterocycles. The Kier molecular flexibility index (Phi) is 2.53. The van der Waals surface area contributed by atoms with Crippen LogP contribution in [-0.2, 0) is 9.59 Å². The fourth-order valence-electron chi connectivity index (χ4n) is 4.11. The highest BCUT2D eigenvalue weighted by Crippen LogP contribution is 2.52. The Morgan fingerprint density at radius 2 is 1.58 bits per heavy atom. The molecule has 3 aliphatic rings. The molecule has 0 bridgehead atoms. The topological polar surface area (TPSA) is 34.1 Å². The van der Waals surface area contributed by atoms with Crippen molar-refractivity contribution in [2.45, 2.75) is 6.42 Å². The van der Waals surface area contributed by atoms with Crippen molar-refractivity contribution in [2.24, 2.45) is 5.41 Å². The molecule has 0 amide bonds. The quantitative estimate of drug-likeness (QED) is 0.700. The van der Waals surface area contributed by atoms with E-state index >= 15 is 0 Å². The van der Waals surface area contributed by atoms with E-state index in [-0.39, 0.29) is 18.0 Å². The molecule has 0 aromatic heterocycles. The molecule has 0 fully saturated rings. The molecule has 3 aliphatic carbocycles. The zero-order valence-corrected chi connectivity index (χ0v) is 13.0. The Morgan fingerprint density at radius 1 is 0.833 bits per heavy atom. The van der Waals surface area contributed by atoms with Crippen molar-refractivity contribution in [3.8, 4) is 0 Å². The first-order valence-electron chi connectivity index (χ1n) is 8.10. The first kappa shape index (κ1) is 13.4. The number of fused-ring (bicyclic) bond motifs is 3. The smallest absolute Gasteiger partial charge is 0.217 e. The third-order valence-electron chi connectivity index (χ3n) is 5.22. The van der Waals surface area contributed by atoms with Crippen LogP contribution in [0.3, 0.4) is 0 Å². The van der Waals surface area contributed by atoms with E-state index in [0.717, 1.165) is 32.7 Å². The van der Waals surface area contributed by atoms with Crippen molar-refractivity contribution < 1.29 is 9.59 Å². The normalized spacial score (nSPS) is 23.5. The van der Waals surface area contributed by atoms with Crippen LogP contribution in [0.2, 0.25) is 0 Å². The van der Waals surface area contributed by atoms with Crippen LogP contribution in [0.1, 0.15) is 17.5 Å². The van der Waals surface area contributed by atoms with Crippen molar-refractivity contribution in [1.82, 2.24) is 0 Å². The Labute approximate surface area is 139 Å². The van der Waals surface area contributed by atoms with E-state index in [9.17, 15) is 9.59 Å². The lowest BCUT2D eigenvalue weighted by atomic mass is 9.59. The Bertz CT molecular complexity index is 1110. The van der Waals surface area contributed by atoms with Crippen LogP contribution in [0, 0.1) is 5.41 Å². The van der Waals surface area contributed by atoms with Gasteiger partial charge >= 0.3 is 0 Å². The van der Waals surface area contributed by atoms with Gasteiger partial charge in [-0.15, -0.1) is 0 Å². The predicted octanol–water partition coefficient (Wildman–Crippen LogP) is 2.27.